The summed E-state index contributed by atoms with van der Waals surface area (Å²) in [5.41, 5.74) is 1.73. The fraction of sp³-hybridized carbons (Fsp3) is 0.429. The predicted molar refractivity (Wildman–Crippen MR) is 64.4 cm³/mol. The first-order valence-corrected chi connectivity index (χ1v) is 5.76. The van der Waals surface area contributed by atoms with Crippen molar-refractivity contribution in [3.63, 3.8) is 0 Å². The van der Waals surface area contributed by atoms with Crippen LogP contribution in [0.25, 0.3) is 0 Å². The zero-order valence-corrected chi connectivity index (χ0v) is 10.3. The molecule has 1 aliphatic rings. The van der Waals surface area contributed by atoms with Crippen molar-refractivity contribution in [1.29, 1.82) is 0 Å². The molecule has 0 amide bonds. The summed E-state index contributed by atoms with van der Waals surface area (Å²) in [5, 5.41) is 0. The quantitative estimate of drug-likeness (QED) is 0.803. The summed E-state index contributed by atoms with van der Waals surface area (Å²) >= 11 is 0. The zero-order chi connectivity index (χ0) is 12.6. The van der Waals surface area contributed by atoms with E-state index in [1.807, 2.05) is 19.1 Å². The third kappa shape index (κ3) is 1.97. The van der Waals surface area contributed by atoms with E-state index in [0.717, 1.165) is 5.56 Å². The van der Waals surface area contributed by atoms with Crippen molar-refractivity contribution in [2.24, 2.45) is 11.8 Å². The lowest BCUT2D eigenvalue weighted by molar-refractivity contribution is -0.121. The molecule has 2 rings (SSSR count). The molecule has 0 saturated heterocycles. The Bertz CT molecular complexity index is 476. The van der Waals surface area contributed by atoms with Crippen LogP contribution in [0.1, 0.15) is 29.8 Å². The number of fused-ring (bicyclic) bond motifs is 1. The fourth-order valence-electron chi connectivity index (χ4n) is 2.31. The number of ketones is 2. The lowest BCUT2D eigenvalue weighted by atomic mass is 9.88. The van der Waals surface area contributed by atoms with Gasteiger partial charge in [0, 0.05) is 17.4 Å². The van der Waals surface area contributed by atoms with Crippen LogP contribution in [0.5, 0.6) is 5.75 Å². The summed E-state index contributed by atoms with van der Waals surface area (Å²) in [4.78, 5) is 23.6. The van der Waals surface area contributed by atoms with Gasteiger partial charge in [-0.1, -0.05) is 13.0 Å². The molecule has 0 aromatic heterocycles. The number of rotatable bonds is 3. The summed E-state index contributed by atoms with van der Waals surface area (Å²) in [5.74, 6) is 0.424. The molecule has 2 unspecified atom stereocenters. The van der Waals surface area contributed by atoms with E-state index in [-0.39, 0.29) is 23.4 Å². The number of ether oxygens (including phenoxy) is 1. The standard InChI is InChI=1S/C14H16O3/c1-8(9(2)15)12-6-10-4-5-11(17-3)7-13(10)14(12)16/h4-5,7-8,12H,6H2,1-3H3. The predicted octanol–water partition coefficient (Wildman–Crippen LogP) is 2.28. The van der Waals surface area contributed by atoms with Gasteiger partial charge in [0.05, 0.1) is 7.11 Å². The molecule has 90 valence electrons. The van der Waals surface area contributed by atoms with Gasteiger partial charge >= 0.3 is 0 Å². The molecule has 0 aliphatic heterocycles. The van der Waals surface area contributed by atoms with Crippen molar-refractivity contribution in [3.05, 3.63) is 29.3 Å². The molecule has 2 atom stereocenters. The third-order valence-corrected chi connectivity index (χ3v) is 3.60. The first-order valence-electron chi connectivity index (χ1n) is 5.76. The van der Waals surface area contributed by atoms with Gasteiger partial charge in [-0.05, 0) is 31.0 Å². The van der Waals surface area contributed by atoms with E-state index in [9.17, 15) is 9.59 Å². The van der Waals surface area contributed by atoms with Gasteiger partial charge < -0.3 is 4.74 Å². The van der Waals surface area contributed by atoms with Crippen LogP contribution in [-0.4, -0.2) is 18.7 Å². The van der Waals surface area contributed by atoms with Gasteiger partial charge in [-0.2, -0.15) is 0 Å². The number of benzene rings is 1. The summed E-state index contributed by atoms with van der Waals surface area (Å²) in [6.45, 7) is 3.37. The first kappa shape index (κ1) is 11.8. The Kier molecular flexibility index (Phi) is 3.01. The van der Waals surface area contributed by atoms with Crippen molar-refractivity contribution < 1.29 is 14.3 Å². The van der Waals surface area contributed by atoms with E-state index in [1.54, 1.807) is 20.1 Å². The molecule has 0 saturated carbocycles. The van der Waals surface area contributed by atoms with Gasteiger partial charge in [0.15, 0.2) is 5.78 Å². The van der Waals surface area contributed by atoms with Gasteiger partial charge in [0.2, 0.25) is 0 Å². The van der Waals surface area contributed by atoms with Gasteiger partial charge in [0.1, 0.15) is 11.5 Å². The second kappa shape index (κ2) is 4.32. The van der Waals surface area contributed by atoms with Crippen LogP contribution >= 0.6 is 0 Å². The van der Waals surface area contributed by atoms with Crippen LogP contribution in [0.2, 0.25) is 0 Å². The smallest absolute Gasteiger partial charge is 0.167 e. The molecular formula is C14H16O3. The molecule has 3 nitrogen and oxygen atoms in total. The lowest BCUT2D eigenvalue weighted by Crippen LogP contribution is -2.23. The minimum absolute atomic E-state index is 0.0709. The minimum atomic E-state index is -0.208. The number of carbonyl (C=O) groups is 2. The Morgan fingerprint density at radius 2 is 2.18 bits per heavy atom. The highest BCUT2D eigenvalue weighted by Gasteiger charge is 2.36. The van der Waals surface area contributed by atoms with Crippen LogP contribution < -0.4 is 4.74 Å². The molecule has 1 aromatic carbocycles. The van der Waals surface area contributed by atoms with E-state index < -0.39 is 0 Å². The highest BCUT2D eigenvalue weighted by atomic mass is 16.5. The Hall–Kier alpha value is -1.64. The molecule has 1 aromatic rings. The molecule has 0 N–H and O–H groups in total. The molecular weight excluding hydrogens is 216 g/mol. The third-order valence-electron chi connectivity index (χ3n) is 3.60. The second-order valence-electron chi connectivity index (χ2n) is 4.60. The van der Waals surface area contributed by atoms with Crippen LogP contribution in [0.4, 0.5) is 0 Å². The number of hydrogen-bond acceptors (Lipinski definition) is 3. The average Bonchev–Trinajstić information content (AvgIpc) is 2.65. The van der Waals surface area contributed by atoms with Crippen LogP contribution in [0, 0.1) is 11.8 Å². The van der Waals surface area contributed by atoms with Crippen LogP contribution in [0.3, 0.4) is 0 Å². The minimum Gasteiger partial charge on any atom is -0.497 e. The lowest BCUT2D eigenvalue weighted by Gasteiger charge is -2.13. The van der Waals surface area contributed by atoms with E-state index in [0.29, 0.717) is 17.7 Å². The average molecular weight is 232 g/mol. The summed E-state index contributed by atoms with van der Waals surface area (Å²) in [6, 6.07) is 5.54. The molecule has 0 heterocycles. The van der Waals surface area contributed by atoms with Gasteiger partial charge in [0.25, 0.3) is 0 Å². The monoisotopic (exact) mass is 232 g/mol. The highest BCUT2D eigenvalue weighted by Crippen LogP contribution is 2.33. The summed E-state index contributed by atoms with van der Waals surface area (Å²) in [7, 11) is 1.58. The molecule has 0 radical (unpaired) electrons. The van der Waals surface area contributed by atoms with Crippen LogP contribution in [-0.2, 0) is 11.2 Å². The van der Waals surface area contributed by atoms with Crippen molar-refractivity contribution in [2.75, 3.05) is 7.11 Å². The maximum absolute atomic E-state index is 12.2. The molecule has 0 spiro atoms. The zero-order valence-electron chi connectivity index (χ0n) is 10.3. The van der Waals surface area contributed by atoms with Crippen molar-refractivity contribution in [3.8, 4) is 5.75 Å². The Labute approximate surface area is 101 Å². The van der Waals surface area contributed by atoms with Crippen LogP contribution in [0.15, 0.2) is 18.2 Å². The topological polar surface area (TPSA) is 43.4 Å². The first-order chi connectivity index (χ1) is 8.04. The Morgan fingerprint density at radius 3 is 2.76 bits per heavy atom. The van der Waals surface area contributed by atoms with E-state index in [1.165, 1.54) is 0 Å². The van der Waals surface area contributed by atoms with Gasteiger partial charge in [-0.3, -0.25) is 9.59 Å². The maximum Gasteiger partial charge on any atom is 0.167 e. The van der Waals surface area contributed by atoms with Gasteiger partial charge in [-0.25, -0.2) is 0 Å². The summed E-state index contributed by atoms with van der Waals surface area (Å²) < 4.78 is 5.11. The fourth-order valence-corrected chi connectivity index (χ4v) is 2.31. The van der Waals surface area contributed by atoms with E-state index in [4.69, 9.17) is 4.74 Å². The Morgan fingerprint density at radius 1 is 1.47 bits per heavy atom. The highest BCUT2D eigenvalue weighted by molar-refractivity contribution is 6.04. The summed E-state index contributed by atoms with van der Waals surface area (Å²) in [6.07, 6.45) is 0.666. The number of carbonyl (C=O) groups excluding carboxylic acids is 2. The van der Waals surface area contributed by atoms with Crippen molar-refractivity contribution in [1.82, 2.24) is 0 Å². The maximum atomic E-state index is 12.2. The SMILES string of the molecule is COc1ccc2c(c1)C(=O)C(C(C)C(C)=O)C2. The Balaban J connectivity index is 2.33. The molecule has 0 bridgehead atoms. The van der Waals surface area contributed by atoms with Gasteiger partial charge in [-0.15, -0.1) is 0 Å². The second-order valence-corrected chi connectivity index (χ2v) is 4.60. The molecule has 3 heteroatoms. The van der Waals surface area contributed by atoms with E-state index >= 15 is 0 Å². The van der Waals surface area contributed by atoms with Crippen molar-refractivity contribution >= 4 is 11.6 Å². The molecule has 1 aliphatic carbocycles. The number of Topliss-reactive ketones (excluding diaryl/α,β-unsaturated/α-hetero) is 2. The normalized spacial score (nSPS) is 19.9. The molecule has 17 heavy (non-hydrogen) atoms. The molecule has 0 fully saturated rings. The number of hydrogen-bond donors (Lipinski definition) is 0. The largest absolute Gasteiger partial charge is 0.497 e. The van der Waals surface area contributed by atoms with E-state index in [2.05, 4.69) is 0 Å². The van der Waals surface area contributed by atoms with Crippen molar-refractivity contribution in [2.45, 2.75) is 20.3 Å². The number of methoxy groups -OCH3 is 1.